The maximum atomic E-state index is 8.77. The van der Waals surface area contributed by atoms with Crippen LogP contribution in [0.5, 0.6) is 0 Å². The molecule has 0 spiro atoms. The molecule has 0 radical (unpaired) electrons. The van der Waals surface area contributed by atoms with Gasteiger partial charge < -0.3 is 20.3 Å². The average Bonchev–Trinajstić information content (AvgIpc) is 2.33. The van der Waals surface area contributed by atoms with Gasteiger partial charge in [-0.15, -0.1) is 0 Å². The Balaban J connectivity index is 2.59. The van der Waals surface area contributed by atoms with Gasteiger partial charge in [0.05, 0.1) is 13.2 Å². The second-order valence-electron chi connectivity index (χ2n) is 2.30. The van der Waals surface area contributed by atoms with Gasteiger partial charge in [0.25, 0.3) is 5.17 Å². The number of nitrogens with one attached hydrogen (secondary N) is 1. The predicted molar refractivity (Wildman–Crippen MR) is 38.6 cm³/mol. The van der Waals surface area contributed by atoms with E-state index < -0.39 is 5.54 Å². The highest BCUT2D eigenvalue weighted by Gasteiger charge is 2.36. The molecule has 0 aliphatic carbocycles. The average molecular weight is 163 g/mol. The lowest BCUT2D eigenvalue weighted by Gasteiger charge is -2.20. The van der Waals surface area contributed by atoms with Gasteiger partial charge in [-0.2, -0.15) is 0 Å². The molecule has 1 heterocycles. The van der Waals surface area contributed by atoms with Gasteiger partial charge in [-0.1, -0.05) is 0 Å². The number of rotatable bonds is 2. The van der Waals surface area contributed by atoms with Crippen molar-refractivity contribution in [1.82, 2.24) is 5.32 Å². The van der Waals surface area contributed by atoms with Crippen molar-refractivity contribution in [3.63, 3.8) is 0 Å². The van der Waals surface area contributed by atoms with E-state index in [1.54, 1.807) is 0 Å². The molecule has 1 aliphatic heterocycles. The third-order valence-electron chi connectivity index (χ3n) is 1.45. The van der Waals surface area contributed by atoms with E-state index in [1.807, 2.05) is 0 Å². The highest BCUT2D eigenvalue weighted by molar-refractivity contribution is 7.80. The lowest BCUT2D eigenvalue weighted by atomic mass is 10.1. The Morgan fingerprint density at radius 3 is 2.40 bits per heavy atom. The van der Waals surface area contributed by atoms with Crippen molar-refractivity contribution in [2.45, 2.75) is 5.54 Å². The van der Waals surface area contributed by atoms with Crippen LogP contribution in [0.2, 0.25) is 0 Å². The zero-order valence-corrected chi connectivity index (χ0v) is 6.15. The monoisotopic (exact) mass is 163 g/mol. The largest absolute Gasteiger partial charge is 0.468 e. The highest BCUT2D eigenvalue weighted by atomic mass is 32.1. The minimum Gasteiger partial charge on any atom is -0.468 e. The first-order chi connectivity index (χ1) is 4.72. The van der Waals surface area contributed by atoms with Crippen LogP contribution in [0.4, 0.5) is 0 Å². The fraction of sp³-hybridized carbons (Fsp3) is 0.800. The molecule has 1 rings (SSSR count). The zero-order valence-electron chi connectivity index (χ0n) is 5.33. The molecule has 0 amide bonds. The summed E-state index contributed by atoms with van der Waals surface area (Å²) in [5.41, 5.74) is -0.753. The summed E-state index contributed by atoms with van der Waals surface area (Å²) in [4.78, 5) is 0. The number of thiocarbonyl (C=S) groups is 1. The molecule has 0 unspecified atom stereocenters. The molecule has 10 heavy (non-hydrogen) atoms. The summed E-state index contributed by atoms with van der Waals surface area (Å²) in [5, 5.41) is 20.5. The molecular weight excluding hydrogens is 154 g/mol. The van der Waals surface area contributed by atoms with Crippen LogP contribution in [0.15, 0.2) is 0 Å². The van der Waals surface area contributed by atoms with Crippen LogP contribution < -0.4 is 5.32 Å². The Bertz CT molecular complexity index is 146. The van der Waals surface area contributed by atoms with E-state index in [1.165, 1.54) is 0 Å². The molecule has 0 aromatic carbocycles. The van der Waals surface area contributed by atoms with E-state index in [-0.39, 0.29) is 25.0 Å². The summed E-state index contributed by atoms with van der Waals surface area (Å²) in [6.45, 7) is -0.119. The molecular formula is C5H9NO3S. The maximum absolute atomic E-state index is 8.77. The number of hydrogen-bond donors (Lipinski definition) is 3. The molecule has 0 aromatic heterocycles. The standard InChI is InChI=1S/C5H9NO3S/c7-1-5(2-8)3-9-4(10)6-5/h7-8H,1-3H2,(H,6,10). The smallest absolute Gasteiger partial charge is 0.257 e. The molecule has 3 N–H and O–H groups in total. The Morgan fingerprint density at radius 2 is 2.20 bits per heavy atom. The number of aliphatic hydroxyl groups is 2. The Kier molecular flexibility index (Phi) is 2.08. The molecule has 4 nitrogen and oxygen atoms in total. The molecule has 0 bridgehead atoms. The van der Waals surface area contributed by atoms with Crippen molar-refractivity contribution in [3.8, 4) is 0 Å². The fourth-order valence-electron chi connectivity index (χ4n) is 0.713. The van der Waals surface area contributed by atoms with Crippen molar-refractivity contribution < 1.29 is 14.9 Å². The first-order valence-corrected chi connectivity index (χ1v) is 3.30. The molecule has 1 saturated heterocycles. The van der Waals surface area contributed by atoms with Gasteiger partial charge in [0.2, 0.25) is 0 Å². The van der Waals surface area contributed by atoms with Crippen LogP contribution in [0, 0.1) is 0 Å². The van der Waals surface area contributed by atoms with Crippen molar-refractivity contribution in [2.75, 3.05) is 19.8 Å². The van der Waals surface area contributed by atoms with E-state index in [0.717, 1.165) is 0 Å². The Morgan fingerprint density at radius 1 is 1.60 bits per heavy atom. The molecule has 0 saturated carbocycles. The van der Waals surface area contributed by atoms with Crippen molar-refractivity contribution in [1.29, 1.82) is 0 Å². The Labute approximate surface area is 63.8 Å². The molecule has 58 valence electrons. The third kappa shape index (κ3) is 1.21. The lowest BCUT2D eigenvalue weighted by Crippen LogP contribution is -2.50. The van der Waals surface area contributed by atoms with Gasteiger partial charge in [-0.05, 0) is 12.2 Å². The van der Waals surface area contributed by atoms with Crippen LogP contribution in [-0.4, -0.2) is 40.7 Å². The van der Waals surface area contributed by atoms with Crippen molar-refractivity contribution in [3.05, 3.63) is 0 Å². The Hall–Kier alpha value is -0.390. The number of ether oxygens (including phenoxy) is 1. The summed E-state index contributed by atoms with van der Waals surface area (Å²) in [6, 6.07) is 0. The van der Waals surface area contributed by atoms with E-state index >= 15 is 0 Å². The first-order valence-electron chi connectivity index (χ1n) is 2.89. The predicted octanol–water partition coefficient (Wildman–Crippen LogP) is -1.39. The highest BCUT2D eigenvalue weighted by Crippen LogP contribution is 2.10. The second-order valence-corrected chi connectivity index (χ2v) is 2.67. The lowest BCUT2D eigenvalue weighted by molar-refractivity contribution is 0.0935. The van der Waals surface area contributed by atoms with Gasteiger partial charge in [0.1, 0.15) is 12.1 Å². The summed E-state index contributed by atoms with van der Waals surface area (Å²) >= 11 is 4.64. The van der Waals surface area contributed by atoms with Gasteiger partial charge in [0.15, 0.2) is 0 Å². The topological polar surface area (TPSA) is 61.7 Å². The van der Waals surface area contributed by atoms with Crippen LogP contribution in [-0.2, 0) is 4.74 Å². The minimum absolute atomic E-state index is 0.177. The van der Waals surface area contributed by atoms with Crippen LogP contribution >= 0.6 is 12.2 Å². The minimum atomic E-state index is -0.753. The number of hydrogen-bond acceptors (Lipinski definition) is 4. The number of aliphatic hydroxyl groups excluding tert-OH is 2. The summed E-state index contributed by atoms with van der Waals surface area (Å²) in [7, 11) is 0. The molecule has 5 heteroatoms. The van der Waals surface area contributed by atoms with Crippen molar-refractivity contribution in [2.24, 2.45) is 0 Å². The third-order valence-corrected chi connectivity index (χ3v) is 1.67. The van der Waals surface area contributed by atoms with Gasteiger partial charge in [-0.3, -0.25) is 0 Å². The van der Waals surface area contributed by atoms with Gasteiger partial charge in [0, 0.05) is 0 Å². The van der Waals surface area contributed by atoms with E-state index in [4.69, 9.17) is 14.9 Å². The quantitative estimate of drug-likeness (QED) is 0.438. The SMILES string of the molecule is OCC1(CO)COC(=S)N1. The first kappa shape index (κ1) is 7.71. The molecule has 0 aromatic rings. The summed E-state index contributed by atoms with van der Waals surface area (Å²) in [6.07, 6.45) is 0. The molecule has 1 aliphatic rings. The summed E-state index contributed by atoms with van der Waals surface area (Å²) in [5.74, 6) is 0. The van der Waals surface area contributed by atoms with Crippen LogP contribution in [0.25, 0.3) is 0 Å². The normalized spacial score (nSPS) is 22.0. The zero-order chi connectivity index (χ0) is 7.61. The van der Waals surface area contributed by atoms with Gasteiger partial charge in [-0.25, -0.2) is 0 Å². The van der Waals surface area contributed by atoms with E-state index in [0.29, 0.717) is 0 Å². The van der Waals surface area contributed by atoms with Gasteiger partial charge >= 0.3 is 0 Å². The van der Waals surface area contributed by atoms with Crippen molar-refractivity contribution >= 4 is 17.4 Å². The molecule has 1 fully saturated rings. The van der Waals surface area contributed by atoms with E-state index in [2.05, 4.69) is 17.5 Å². The second kappa shape index (κ2) is 2.69. The summed E-state index contributed by atoms with van der Waals surface area (Å²) < 4.78 is 4.85. The van der Waals surface area contributed by atoms with E-state index in [9.17, 15) is 0 Å². The van der Waals surface area contributed by atoms with Crippen LogP contribution in [0.1, 0.15) is 0 Å². The fourth-order valence-corrected chi connectivity index (χ4v) is 0.988. The molecule has 0 atom stereocenters. The van der Waals surface area contributed by atoms with Crippen LogP contribution in [0.3, 0.4) is 0 Å². The maximum Gasteiger partial charge on any atom is 0.257 e.